The number of rotatable bonds is 4. The smallest absolute Gasteiger partial charge is 0.243 e. The second-order valence-electron chi connectivity index (χ2n) is 4.34. The van der Waals surface area contributed by atoms with Crippen molar-refractivity contribution in [2.24, 2.45) is 5.84 Å². The topological polar surface area (TPSA) is 83.2 Å². The van der Waals surface area contributed by atoms with Gasteiger partial charge in [-0.05, 0) is 18.2 Å². The second kappa shape index (κ2) is 5.66. The molecule has 8 heteroatoms. The Morgan fingerprint density at radius 2 is 1.80 bits per heavy atom. The normalized spacial score (nSPS) is 10.2. The Morgan fingerprint density at radius 3 is 2.40 bits per heavy atom. The highest BCUT2D eigenvalue weighted by atomic mass is 19.1. The SMILES string of the molecule is CN(C)c1nc(NN)nc(N(C)c2cccc(F)c2)n1. The summed E-state index contributed by atoms with van der Waals surface area (Å²) in [7, 11) is 5.35. The molecular formula is C12H16FN7. The van der Waals surface area contributed by atoms with Crippen LogP contribution in [-0.4, -0.2) is 36.1 Å². The van der Waals surface area contributed by atoms with E-state index in [-0.39, 0.29) is 11.8 Å². The van der Waals surface area contributed by atoms with Gasteiger partial charge in [0.05, 0.1) is 0 Å². The van der Waals surface area contributed by atoms with E-state index in [1.165, 1.54) is 12.1 Å². The Bertz CT molecular complexity index is 602. The Hall–Kier alpha value is -2.48. The molecule has 0 aliphatic carbocycles. The van der Waals surface area contributed by atoms with Crippen LogP contribution in [0.15, 0.2) is 24.3 Å². The lowest BCUT2D eigenvalue weighted by Crippen LogP contribution is -2.21. The first-order valence-electron chi connectivity index (χ1n) is 5.90. The summed E-state index contributed by atoms with van der Waals surface area (Å²) in [6, 6.07) is 6.16. The summed E-state index contributed by atoms with van der Waals surface area (Å²) in [6.07, 6.45) is 0. The second-order valence-corrected chi connectivity index (χ2v) is 4.34. The van der Waals surface area contributed by atoms with E-state index in [2.05, 4.69) is 20.4 Å². The molecule has 1 aromatic carbocycles. The van der Waals surface area contributed by atoms with Gasteiger partial charge in [-0.15, -0.1) is 0 Å². The Kier molecular flexibility index (Phi) is 3.94. The molecule has 0 aliphatic rings. The van der Waals surface area contributed by atoms with Gasteiger partial charge in [0.25, 0.3) is 0 Å². The molecule has 106 valence electrons. The minimum absolute atomic E-state index is 0.238. The van der Waals surface area contributed by atoms with Crippen molar-refractivity contribution in [3.05, 3.63) is 30.1 Å². The van der Waals surface area contributed by atoms with E-state index in [1.807, 2.05) is 14.1 Å². The highest BCUT2D eigenvalue weighted by Gasteiger charge is 2.13. The van der Waals surface area contributed by atoms with E-state index in [4.69, 9.17) is 5.84 Å². The number of anilines is 4. The molecule has 0 aliphatic heterocycles. The average Bonchev–Trinajstić information content (AvgIpc) is 2.45. The third-order valence-corrected chi connectivity index (χ3v) is 2.64. The summed E-state index contributed by atoms with van der Waals surface area (Å²) in [5, 5.41) is 0. The van der Waals surface area contributed by atoms with Gasteiger partial charge in [-0.3, -0.25) is 5.43 Å². The van der Waals surface area contributed by atoms with E-state index in [1.54, 1.807) is 29.0 Å². The molecule has 0 amide bonds. The predicted octanol–water partition coefficient (Wildman–Crippen LogP) is 1.13. The summed E-state index contributed by atoms with van der Waals surface area (Å²) in [4.78, 5) is 15.9. The van der Waals surface area contributed by atoms with Gasteiger partial charge < -0.3 is 9.80 Å². The maximum absolute atomic E-state index is 13.3. The van der Waals surface area contributed by atoms with Gasteiger partial charge in [-0.2, -0.15) is 15.0 Å². The number of hydrazine groups is 1. The highest BCUT2D eigenvalue weighted by Crippen LogP contribution is 2.22. The van der Waals surface area contributed by atoms with E-state index in [9.17, 15) is 4.39 Å². The first-order chi connectivity index (χ1) is 9.51. The number of nitrogens with one attached hydrogen (secondary N) is 1. The van der Waals surface area contributed by atoms with Crippen molar-refractivity contribution in [1.82, 2.24) is 15.0 Å². The number of aromatic nitrogens is 3. The van der Waals surface area contributed by atoms with Crippen LogP contribution in [-0.2, 0) is 0 Å². The Balaban J connectivity index is 2.43. The molecule has 0 atom stereocenters. The number of nitrogens with two attached hydrogens (primary N) is 1. The molecule has 0 saturated heterocycles. The molecule has 0 bridgehead atoms. The molecule has 0 fully saturated rings. The van der Waals surface area contributed by atoms with Gasteiger partial charge in [-0.25, -0.2) is 10.2 Å². The number of hydrogen-bond donors (Lipinski definition) is 2. The molecule has 20 heavy (non-hydrogen) atoms. The lowest BCUT2D eigenvalue weighted by molar-refractivity contribution is 0.628. The molecule has 7 nitrogen and oxygen atoms in total. The summed E-state index contributed by atoms with van der Waals surface area (Å²) in [5.74, 6) is 6.08. The Labute approximate surface area is 116 Å². The zero-order valence-electron chi connectivity index (χ0n) is 11.5. The first kappa shape index (κ1) is 13.9. The van der Waals surface area contributed by atoms with Crippen molar-refractivity contribution in [1.29, 1.82) is 0 Å². The van der Waals surface area contributed by atoms with Crippen LogP contribution >= 0.6 is 0 Å². The maximum Gasteiger partial charge on any atom is 0.243 e. The summed E-state index contributed by atoms with van der Waals surface area (Å²) in [6.45, 7) is 0. The van der Waals surface area contributed by atoms with Crippen molar-refractivity contribution in [3.63, 3.8) is 0 Å². The van der Waals surface area contributed by atoms with Gasteiger partial charge in [-0.1, -0.05) is 6.07 Å². The zero-order chi connectivity index (χ0) is 14.7. The van der Waals surface area contributed by atoms with Crippen LogP contribution in [0.3, 0.4) is 0 Å². The van der Waals surface area contributed by atoms with Crippen LogP contribution in [0, 0.1) is 5.82 Å². The zero-order valence-corrected chi connectivity index (χ0v) is 11.5. The monoisotopic (exact) mass is 277 g/mol. The molecule has 0 unspecified atom stereocenters. The fourth-order valence-corrected chi connectivity index (χ4v) is 1.57. The van der Waals surface area contributed by atoms with E-state index in [0.29, 0.717) is 17.6 Å². The van der Waals surface area contributed by atoms with Crippen molar-refractivity contribution < 1.29 is 4.39 Å². The third kappa shape index (κ3) is 2.91. The first-order valence-corrected chi connectivity index (χ1v) is 5.90. The summed E-state index contributed by atoms with van der Waals surface area (Å²) < 4.78 is 13.3. The molecule has 0 saturated carbocycles. The molecule has 0 radical (unpaired) electrons. The van der Waals surface area contributed by atoms with E-state index < -0.39 is 0 Å². The molecule has 2 aromatic rings. The van der Waals surface area contributed by atoms with Gasteiger partial charge in [0.2, 0.25) is 17.8 Å². The lowest BCUT2D eigenvalue weighted by Gasteiger charge is -2.19. The minimum atomic E-state index is -0.326. The summed E-state index contributed by atoms with van der Waals surface area (Å²) >= 11 is 0. The molecular weight excluding hydrogens is 261 g/mol. The van der Waals surface area contributed by atoms with Crippen LogP contribution in [0.5, 0.6) is 0 Å². The fourth-order valence-electron chi connectivity index (χ4n) is 1.57. The number of halogens is 1. The maximum atomic E-state index is 13.3. The van der Waals surface area contributed by atoms with Crippen molar-refractivity contribution in [3.8, 4) is 0 Å². The van der Waals surface area contributed by atoms with Gasteiger partial charge in [0, 0.05) is 26.8 Å². The molecule has 3 N–H and O–H groups in total. The Morgan fingerprint density at radius 1 is 1.10 bits per heavy atom. The lowest BCUT2D eigenvalue weighted by atomic mass is 10.3. The van der Waals surface area contributed by atoms with E-state index >= 15 is 0 Å². The van der Waals surface area contributed by atoms with Crippen molar-refractivity contribution in [2.75, 3.05) is 36.4 Å². The van der Waals surface area contributed by atoms with Crippen LogP contribution in [0.4, 0.5) is 27.9 Å². The summed E-state index contributed by atoms with van der Waals surface area (Å²) in [5.41, 5.74) is 3.02. The minimum Gasteiger partial charge on any atom is -0.347 e. The number of benzene rings is 1. The van der Waals surface area contributed by atoms with Crippen molar-refractivity contribution in [2.45, 2.75) is 0 Å². The average molecular weight is 277 g/mol. The molecule has 2 rings (SSSR count). The van der Waals surface area contributed by atoms with Crippen LogP contribution < -0.4 is 21.1 Å². The van der Waals surface area contributed by atoms with Crippen LogP contribution in [0.25, 0.3) is 0 Å². The highest BCUT2D eigenvalue weighted by molar-refractivity contribution is 5.58. The van der Waals surface area contributed by atoms with Gasteiger partial charge in [0.1, 0.15) is 5.82 Å². The van der Waals surface area contributed by atoms with Gasteiger partial charge >= 0.3 is 0 Å². The fraction of sp³-hybridized carbons (Fsp3) is 0.250. The van der Waals surface area contributed by atoms with Crippen LogP contribution in [0.2, 0.25) is 0 Å². The molecule has 1 heterocycles. The largest absolute Gasteiger partial charge is 0.347 e. The molecule has 0 spiro atoms. The van der Waals surface area contributed by atoms with E-state index in [0.717, 1.165) is 0 Å². The predicted molar refractivity (Wildman–Crippen MR) is 76.4 cm³/mol. The number of hydrogen-bond acceptors (Lipinski definition) is 7. The van der Waals surface area contributed by atoms with Crippen molar-refractivity contribution >= 4 is 23.5 Å². The van der Waals surface area contributed by atoms with Gasteiger partial charge in [0.15, 0.2) is 0 Å². The quantitative estimate of drug-likeness (QED) is 0.640. The third-order valence-electron chi connectivity index (χ3n) is 2.64. The number of nitrogen functional groups attached to an aromatic ring is 1. The van der Waals surface area contributed by atoms with Crippen LogP contribution in [0.1, 0.15) is 0 Å². The number of nitrogens with zero attached hydrogens (tertiary/aromatic N) is 5. The standard InChI is InChI=1S/C12H16FN7/c1-19(2)11-15-10(18-14)16-12(17-11)20(3)9-6-4-5-8(13)7-9/h4-7H,14H2,1-3H3,(H,15,16,17,18). The molecule has 1 aromatic heterocycles.